The number of carbonyl (C=O) groups is 1. The second-order valence-electron chi connectivity index (χ2n) is 6.34. The van der Waals surface area contributed by atoms with Gasteiger partial charge in [0.2, 0.25) is 5.91 Å². The Balaban J connectivity index is 1.59. The zero-order valence-corrected chi connectivity index (χ0v) is 14.9. The molecule has 25 heavy (non-hydrogen) atoms. The molecule has 0 radical (unpaired) electrons. The fraction of sp³-hybridized carbons (Fsp3) is 0.350. The van der Waals surface area contributed by atoms with Crippen LogP contribution in [-0.2, 0) is 11.3 Å². The molecule has 2 aromatic rings. The largest absolute Gasteiger partial charge is 0.496 e. The number of fused-ring (bicyclic) bond motifs is 1. The van der Waals surface area contributed by atoms with Crippen molar-refractivity contribution in [1.82, 2.24) is 5.32 Å². The SMILES string of the molecule is COc1ccccc1CNC(=O)CC1COc2cc(C)ccc2N1C. The second-order valence-corrected chi connectivity index (χ2v) is 6.34. The van der Waals surface area contributed by atoms with Gasteiger partial charge in [-0.3, -0.25) is 4.79 Å². The van der Waals surface area contributed by atoms with Gasteiger partial charge in [0.25, 0.3) is 0 Å². The van der Waals surface area contributed by atoms with Crippen molar-refractivity contribution >= 4 is 11.6 Å². The van der Waals surface area contributed by atoms with Crippen LogP contribution < -0.4 is 19.7 Å². The lowest BCUT2D eigenvalue weighted by Gasteiger charge is -2.35. The number of ether oxygens (including phenoxy) is 2. The number of anilines is 1. The molecule has 0 fully saturated rings. The minimum Gasteiger partial charge on any atom is -0.496 e. The number of hydrogen-bond acceptors (Lipinski definition) is 4. The van der Waals surface area contributed by atoms with E-state index in [1.165, 1.54) is 5.56 Å². The fourth-order valence-electron chi connectivity index (χ4n) is 3.05. The molecule has 5 nitrogen and oxygen atoms in total. The van der Waals surface area contributed by atoms with Crippen molar-refractivity contribution in [3.05, 3.63) is 53.6 Å². The summed E-state index contributed by atoms with van der Waals surface area (Å²) in [6.07, 6.45) is 0.388. The molecule has 1 aliphatic heterocycles. The Morgan fingerprint density at radius 1 is 1.32 bits per heavy atom. The number of para-hydroxylation sites is 1. The van der Waals surface area contributed by atoms with Crippen LogP contribution in [0, 0.1) is 6.92 Å². The maximum absolute atomic E-state index is 12.4. The van der Waals surface area contributed by atoms with Gasteiger partial charge in [-0.15, -0.1) is 0 Å². The Hall–Kier alpha value is -2.69. The van der Waals surface area contributed by atoms with E-state index in [2.05, 4.69) is 16.3 Å². The molecule has 1 unspecified atom stereocenters. The average molecular weight is 340 g/mol. The molecule has 0 aromatic heterocycles. The van der Waals surface area contributed by atoms with Gasteiger partial charge in [0, 0.05) is 19.2 Å². The standard InChI is InChI=1S/C20H24N2O3/c1-14-8-9-17-19(10-14)25-13-16(22(17)2)11-20(23)21-12-15-6-4-5-7-18(15)24-3/h4-10,16H,11-13H2,1-3H3,(H,21,23). The molecule has 0 saturated heterocycles. The van der Waals surface area contributed by atoms with Crippen molar-refractivity contribution in [2.24, 2.45) is 0 Å². The summed E-state index contributed by atoms with van der Waals surface area (Å²) in [5.74, 6) is 1.67. The topological polar surface area (TPSA) is 50.8 Å². The molecule has 0 spiro atoms. The first-order valence-corrected chi connectivity index (χ1v) is 8.43. The minimum absolute atomic E-state index is 0.00178. The van der Waals surface area contributed by atoms with E-state index in [1.807, 2.05) is 50.4 Å². The number of amides is 1. The number of nitrogens with zero attached hydrogens (tertiary/aromatic N) is 1. The van der Waals surface area contributed by atoms with Crippen molar-refractivity contribution in [2.45, 2.75) is 25.9 Å². The molecule has 1 heterocycles. The molecule has 1 atom stereocenters. The van der Waals surface area contributed by atoms with Crippen LogP contribution in [0.2, 0.25) is 0 Å². The van der Waals surface area contributed by atoms with Gasteiger partial charge in [-0.2, -0.15) is 0 Å². The van der Waals surface area contributed by atoms with Gasteiger partial charge < -0.3 is 19.7 Å². The first-order valence-electron chi connectivity index (χ1n) is 8.43. The molecule has 0 aliphatic carbocycles. The van der Waals surface area contributed by atoms with Crippen LogP contribution in [0.15, 0.2) is 42.5 Å². The summed E-state index contributed by atoms with van der Waals surface area (Å²) in [6, 6.07) is 13.9. The fourth-order valence-corrected chi connectivity index (χ4v) is 3.05. The van der Waals surface area contributed by atoms with Gasteiger partial charge in [-0.1, -0.05) is 24.3 Å². The van der Waals surface area contributed by atoms with Crippen LogP contribution in [-0.4, -0.2) is 32.7 Å². The van der Waals surface area contributed by atoms with E-state index in [1.54, 1.807) is 7.11 Å². The number of hydrogen-bond donors (Lipinski definition) is 1. The molecule has 0 bridgehead atoms. The van der Waals surface area contributed by atoms with E-state index in [4.69, 9.17) is 9.47 Å². The van der Waals surface area contributed by atoms with E-state index in [-0.39, 0.29) is 11.9 Å². The minimum atomic E-state index is 0.00178. The normalized spacial score (nSPS) is 16.0. The van der Waals surface area contributed by atoms with Gasteiger partial charge in [0.05, 0.1) is 25.3 Å². The lowest BCUT2D eigenvalue weighted by Crippen LogP contribution is -2.43. The van der Waals surface area contributed by atoms with Gasteiger partial charge in [0.1, 0.15) is 18.1 Å². The van der Waals surface area contributed by atoms with Crippen molar-refractivity contribution in [3.63, 3.8) is 0 Å². The summed E-state index contributed by atoms with van der Waals surface area (Å²) in [5, 5.41) is 2.97. The number of nitrogens with one attached hydrogen (secondary N) is 1. The average Bonchev–Trinajstić information content (AvgIpc) is 2.62. The highest BCUT2D eigenvalue weighted by atomic mass is 16.5. The number of benzene rings is 2. The number of likely N-dealkylation sites (N-methyl/N-ethyl adjacent to an activating group) is 1. The van der Waals surface area contributed by atoms with Crippen molar-refractivity contribution in [3.8, 4) is 11.5 Å². The Bertz CT molecular complexity index is 760. The quantitative estimate of drug-likeness (QED) is 0.909. The van der Waals surface area contributed by atoms with Gasteiger partial charge in [-0.25, -0.2) is 0 Å². The third-order valence-corrected chi connectivity index (χ3v) is 4.56. The Kier molecular flexibility index (Phi) is 5.12. The van der Waals surface area contributed by atoms with Gasteiger partial charge in [-0.05, 0) is 30.7 Å². The smallest absolute Gasteiger partial charge is 0.222 e. The Labute approximate surface area is 148 Å². The molecular weight excluding hydrogens is 316 g/mol. The molecule has 132 valence electrons. The van der Waals surface area contributed by atoms with E-state index < -0.39 is 0 Å². The predicted molar refractivity (Wildman–Crippen MR) is 98.3 cm³/mol. The summed E-state index contributed by atoms with van der Waals surface area (Å²) >= 11 is 0. The van der Waals surface area contributed by atoms with E-state index in [0.29, 0.717) is 19.6 Å². The lowest BCUT2D eigenvalue weighted by atomic mass is 10.1. The summed E-state index contributed by atoms with van der Waals surface area (Å²) in [6.45, 7) is 3.01. The van der Waals surface area contributed by atoms with Gasteiger partial charge >= 0.3 is 0 Å². The third kappa shape index (κ3) is 3.87. The number of methoxy groups -OCH3 is 1. The monoisotopic (exact) mass is 340 g/mol. The van der Waals surface area contributed by atoms with Gasteiger partial charge in [0.15, 0.2) is 0 Å². The zero-order chi connectivity index (χ0) is 17.8. The third-order valence-electron chi connectivity index (χ3n) is 4.56. The van der Waals surface area contributed by atoms with Crippen LogP contribution in [0.5, 0.6) is 11.5 Å². The predicted octanol–water partition coefficient (Wildman–Crippen LogP) is 2.91. The zero-order valence-electron chi connectivity index (χ0n) is 14.9. The van der Waals surface area contributed by atoms with Crippen LogP contribution in [0.4, 0.5) is 5.69 Å². The molecule has 1 aliphatic rings. The molecule has 5 heteroatoms. The second kappa shape index (κ2) is 7.47. The first kappa shape index (κ1) is 17.1. The number of rotatable bonds is 5. The number of aryl methyl sites for hydroxylation is 1. The summed E-state index contributed by atoms with van der Waals surface area (Å²) in [7, 11) is 3.64. The van der Waals surface area contributed by atoms with Crippen molar-refractivity contribution < 1.29 is 14.3 Å². The van der Waals surface area contributed by atoms with E-state index in [9.17, 15) is 4.79 Å². The molecule has 2 aromatic carbocycles. The highest BCUT2D eigenvalue weighted by molar-refractivity contribution is 5.77. The Morgan fingerprint density at radius 3 is 2.92 bits per heavy atom. The summed E-state index contributed by atoms with van der Waals surface area (Å²) in [5.41, 5.74) is 3.16. The molecule has 0 saturated carbocycles. The maximum atomic E-state index is 12.4. The molecule has 1 N–H and O–H groups in total. The van der Waals surface area contributed by atoms with Crippen molar-refractivity contribution in [2.75, 3.05) is 25.7 Å². The lowest BCUT2D eigenvalue weighted by molar-refractivity contribution is -0.121. The Morgan fingerprint density at radius 2 is 2.12 bits per heavy atom. The van der Waals surface area contributed by atoms with Crippen LogP contribution in [0.25, 0.3) is 0 Å². The maximum Gasteiger partial charge on any atom is 0.222 e. The first-order chi connectivity index (χ1) is 12.1. The highest BCUT2D eigenvalue weighted by Crippen LogP contribution is 2.34. The molecular formula is C20H24N2O3. The number of carbonyl (C=O) groups excluding carboxylic acids is 1. The van der Waals surface area contributed by atoms with E-state index >= 15 is 0 Å². The van der Waals surface area contributed by atoms with Crippen LogP contribution >= 0.6 is 0 Å². The van der Waals surface area contributed by atoms with E-state index in [0.717, 1.165) is 22.7 Å². The van der Waals surface area contributed by atoms with Crippen LogP contribution in [0.3, 0.4) is 0 Å². The van der Waals surface area contributed by atoms with Crippen LogP contribution in [0.1, 0.15) is 17.5 Å². The molecule has 1 amide bonds. The summed E-state index contributed by atoms with van der Waals surface area (Å²) in [4.78, 5) is 14.5. The summed E-state index contributed by atoms with van der Waals surface area (Å²) < 4.78 is 11.2. The highest BCUT2D eigenvalue weighted by Gasteiger charge is 2.26. The molecule has 3 rings (SSSR count). The van der Waals surface area contributed by atoms with Crippen molar-refractivity contribution in [1.29, 1.82) is 0 Å².